The standard InChI is InChI=1S/C21H20N2O5/c1-26-15-9-7-14(8-10-15)19-18(21(24)25)20(22-28-19)23-12-11-17(13-23)27-16-5-3-2-4-6-16/h2-10,17H,11-13H2,1H3,(H,24,25)/t17-/m1/s1. The molecule has 1 saturated heterocycles. The Labute approximate surface area is 162 Å². The molecule has 0 radical (unpaired) electrons. The summed E-state index contributed by atoms with van der Waals surface area (Å²) in [4.78, 5) is 13.8. The van der Waals surface area contributed by atoms with Crippen LogP contribution in [-0.2, 0) is 0 Å². The van der Waals surface area contributed by atoms with E-state index < -0.39 is 5.97 Å². The molecular weight excluding hydrogens is 360 g/mol. The Bertz CT molecular complexity index is 953. The number of carboxylic acid groups (broad SMARTS) is 1. The maximum atomic E-state index is 11.9. The first kappa shape index (κ1) is 17.9. The number of nitrogens with zero attached hydrogens (tertiary/aromatic N) is 2. The van der Waals surface area contributed by atoms with Gasteiger partial charge in [0.1, 0.15) is 17.6 Å². The molecule has 0 unspecified atom stereocenters. The van der Waals surface area contributed by atoms with Gasteiger partial charge in [0.15, 0.2) is 17.1 Å². The number of methoxy groups -OCH3 is 1. The Morgan fingerprint density at radius 3 is 2.57 bits per heavy atom. The zero-order valence-corrected chi connectivity index (χ0v) is 15.4. The van der Waals surface area contributed by atoms with Crippen LogP contribution in [0.1, 0.15) is 16.8 Å². The third-order valence-corrected chi connectivity index (χ3v) is 4.73. The first-order valence-corrected chi connectivity index (χ1v) is 8.99. The SMILES string of the molecule is COc1ccc(-c2onc(N3CC[C@@H](Oc4ccccc4)C3)c2C(=O)O)cc1. The van der Waals surface area contributed by atoms with Gasteiger partial charge in [0, 0.05) is 18.5 Å². The molecule has 1 aromatic heterocycles. The molecule has 1 aliphatic rings. The summed E-state index contributed by atoms with van der Waals surface area (Å²) in [7, 11) is 1.57. The number of aromatic carboxylic acids is 1. The third-order valence-electron chi connectivity index (χ3n) is 4.73. The Morgan fingerprint density at radius 2 is 1.89 bits per heavy atom. The zero-order valence-electron chi connectivity index (χ0n) is 15.4. The van der Waals surface area contributed by atoms with Crippen molar-refractivity contribution in [3.05, 3.63) is 60.2 Å². The second-order valence-electron chi connectivity index (χ2n) is 6.53. The largest absolute Gasteiger partial charge is 0.497 e. The van der Waals surface area contributed by atoms with Crippen LogP contribution in [0.25, 0.3) is 11.3 Å². The van der Waals surface area contributed by atoms with Crippen molar-refractivity contribution in [2.24, 2.45) is 0 Å². The summed E-state index contributed by atoms with van der Waals surface area (Å²) in [6.07, 6.45) is 0.740. The van der Waals surface area contributed by atoms with Gasteiger partial charge in [-0.25, -0.2) is 4.79 Å². The molecule has 0 saturated carbocycles. The van der Waals surface area contributed by atoms with E-state index in [4.69, 9.17) is 14.0 Å². The summed E-state index contributed by atoms with van der Waals surface area (Å²) < 4.78 is 16.6. The van der Waals surface area contributed by atoms with Crippen molar-refractivity contribution in [1.29, 1.82) is 0 Å². The highest BCUT2D eigenvalue weighted by atomic mass is 16.5. The van der Waals surface area contributed by atoms with Crippen LogP contribution in [0.5, 0.6) is 11.5 Å². The molecule has 1 N–H and O–H groups in total. The van der Waals surface area contributed by atoms with Crippen LogP contribution in [0, 0.1) is 0 Å². The minimum Gasteiger partial charge on any atom is -0.497 e. The third kappa shape index (κ3) is 3.51. The number of rotatable bonds is 6. The number of anilines is 1. The van der Waals surface area contributed by atoms with Crippen molar-refractivity contribution in [3.63, 3.8) is 0 Å². The number of carbonyl (C=O) groups is 1. The quantitative estimate of drug-likeness (QED) is 0.698. The van der Waals surface area contributed by atoms with Gasteiger partial charge in [0.25, 0.3) is 0 Å². The van der Waals surface area contributed by atoms with Gasteiger partial charge in [-0.15, -0.1) is 0 Å². The van der Waals surface area contributed by atoms with Crippen molar-refractivity contribution in [3.8, 4) is 22.8 Å². The van der Waals surface area contributed by atoms with Gasteiger partial charge in [-0.3, -0.25) is 0 Å². The lowest BCUT2D eigenvalue weighted by molar-refractivity contribution is 0.0697. The number of para-hydroxylation sites is 1. The van der Waals surface area contributed by atoms with Crippen molar-refractivity contribution >= 4 is 11.8 Å². The van der Waals surface area contributed by atoms with Crippen molar-refractivity contribution in [2.75, 3.05) is 25.1 Å². The van der Waals surface area contributed by atoms with Crippen LogP contribution < -0.4 is 14.4 Å². The highest BCUT2D eigenvalue weighted by Crippen LogP contribution is 2.34. The average Bonchev–Trinajstić information content (AvgIpc) is 3.36. The summed E-state index contributed by atoms with van der Waals surface area (Å²) in [5.74, 6) is 0.970. The molecule has 7 nitrogen and oxygen atoms in total. The van der Waals surface area contributed by atoms with Crippen molar-refractivity contribution in [1.82, 2.24) is 5.16 Å². The lowest BCUT2D eigenvalue weighted by Gasteiger charge is -2.16. The Balaban J connectivity index is 1.56. The smallest absolute Gasteiger partial charge is 0.343 e. The van der Waals surface area contributed by atoms with Gasteiger partial charge >= 0.3 is 5.97 Å². The van der Waals surface area contributed by atoms with Gasteiger partial charge in [0.2, 0.25) is 0 Å². The molecule has 0 aliphatic carbocycles. The number of aromatic nitrogens is 1. The lowest BCUT2D eigenvalue weighted by atomic mass is 10.1. The summed E-state index contributed by atoms with van der Waals surface area (Å²) in [5.41, 5.74) is 0.693. The van der Waals surface area contributed by atoms with Gasteiger partial charge in [0.05, 0.1) is 13.7 Å². The molecule has 1 fully saturated rings. The van der Waals surface area contributed by atoms with Crippen LogP contribution in [-0.4, -0.2) is 42.5 Å². The van der Waals surface area contributed by atoms with E-state index in [2.05, 4.69) is 5.16 Å². The molecule has 3 aromatic rings. The highest BCUT2D eigenvalue weighted by Gasteiger charge is 2.32. The molecule has 7 heteroatoms. The molecule has 2 heterocycles. The first-order chi connectivity index (χ1) is 13.7. The summed E-state index contributed by atoms with van der Waals surface area (Å²) in [6.45, 7) is 1.19. The maximum absolute atomic E-state index is 11.9. The summed E-state index contributed by atoms with van der Waals surface area (Å²) in [6, 6.07) is 16.6. The molecule has 28 heavy (non-hydrogen) atoms. The first-order valence-electron chi connectivity index (χ1n) is 8.99. The van der Waals surface area contributed by atoms with E-state index in [1.807, 2.05) is 35.2 Å². The van der Waals surface area contributed by atoms with E-state index in [1.54, 1.807) is 31.4 Å². The van der Waals surface area contributed by atoms with Crippen LogP contribution in [0.15, 0.2) is 59.1 Å². The van der Waals surface area contributed by atoms with Crippen LogP contribution in [0.4, 0.5) is 5.82 Å². The number of hydrogen-bond acceptors (Lipinski definition) is 6. The molecule has 2 aromatic carbocycles. The summed E-state index contributed by atoms with van der Waals surface area (Å²) in [5, 5.41) is 13.8. The van der Waals surface area contributed by atoms with Gasteiger partial charge < -0.3 is 24.0 Å². The predicted molar refractivity (Wildman–Crippen MR) is 103 cm³/mol. The summed E-state index contributed by atoms with van der Waals surface area (Å²) >= 11 is 0. The van der Waals surface area contributed by atoms with E-state index in [9.17, 15) is 9.90 Å². The number of benzene rings is 2. The van der Waals surface area contributed by atoms with E-state index in [1.165, 1.54) is 0 Å². The van der Waals surface area contributed by atoms with E-state index >= 15 is 0 Å². The fraction of sp³-hybridized carbons (Fsp3) is 0.238. The highest BCUT2D eigenvalue weighted by molar-refractivity contribution is 5.99. The second kappa shape index (κ2) is 7.64. The molecule has 0 bridgehead atoms. The molecule has 0 amide bonds. The lowest BCUT2D eigenvalue weighted by Crippen LogP contribution is -2.26. The molecule has 1 atom stereocenters. The van der Waals surface area contributed by atoms with E-state index in [0.29, 0.717) is 30.2 Å². The van der Waals surface area contributed by atoms with Crippen LogP contribution >= 0.6 is 0 Å². The molecule has 4 rings (SSSR count). The minimum absolute atomic E-state index is 0.0369. The Morgan fingerprint density at radius 1 is 1.14 bits per heavy atom. The van der Waals surface area contributed by atoms with Gasteiger partial charge in [-0.1, -0.05) is 23.4 Å². The van der Waals surface area contributed by atoms with Crippen LogP contribution in [0.3, 0.4) is 0 Å². The fourth-order valence-corrected chi connectivity index (χ4v) is 3.34. The number of ether oxygens (including phenoxy) is 2. The fourth-order valence-electron chi connectivity index (χ4n) is 3.34. The number of hydrogen-bond donors (Lipinski definition) is 1. The van der Waals surface area contributed by atoms with E-state index in [0.717, 1.165) is 12.2 Å². The van der Waals surface area contributed by atoms with Crippen molar-refractivity contribution < 1.29 is 23.9 Å². The predicted octanol–water partition coefficient (Wildman–Crippen LogP) is 3.71. The molecule has 0 spiro atoms. The normalized spacial score (nSPS) is 16.2. The maximum Gasteiger partial charge on any atom is 0.343 e. The van der Waals surface area contributed by atoms with Gasteiger partial charge in [-0.2, -0.15) is 0 Å². The minimum atomic E-state index is -1.07. The molecule has 1 aliphatic heterocycles. The molecular formula is C21H20N2O5. The van der Waals surface area contributed by atoms with Crippen molar-refractivity contribution in [2.45, 2.75) is 12.5 Å². The van der Waals surface area contributed by atoms with Gasteiger partial charge in [-0.05, 0) is 36.4 Å². The average molecular weight is 380 g/mol. The Kier molecular flexibility index (Phi) is 4.89. The number of carboxylic acids is 1. The van der Waals surface area contributed by atoms with E-state index in [-0.39, 0.29) is 17.4 Å². The Hall–Kier alpha value is -3.48. The monoisotopic (exact) mass is 380 g/mol. The van der Waals surface area contributed by atoms with Crippen LogP contribution in [0.2, 0.25) is 0 Å². The second-order valence-corrected chi connectivity index (χ2v) is 6.53. The zero-order chi connectivity index (χ0) is 19.5. The topological polar surface area (TPSA) is 85.0 Å². The molecule has 144 valence electrons.